The van der Waals surface area contributed by atoms with Crippen molar-refractivity contribution in [2.75, 3.05) is 0 Å². The topological polar surface area (TPSA) is 38.7 Å². The third kappa shape index (κ3) is 4.94. The molecule has 3 nitrogen and oxygen atoms in total. The Balaban J connectivity index is 1.17. The Labute approximate surface area is 319 Å². The van der Waals surface area contributed by atoms with Crippen LogP contribution in [-0.4, -0.2) is 15.0 Å². The standard InChI is InChI=1S/C52H33N3/c1-3-19-41(20-4-1)52(42-21-5-2-6-22-42)47-25-12-11-23-43(47)46-33-45-38(32-48(46)52)18-13-24-44(45)51-54-49(39-28-26-34-14-7-9-16-36(34)30-39)53-50(55-51)40-29-27-35-15-8-10-17-37(35)31-40/h1-33H. The van der Waals surface area contributed by atoms with Crippen LogP contribution in [0.15, 0.2) is 200 Å². The van der Waals surface area contributed by atoms with Gasteiger partial charge in [0, 0.05) is 16.7 Å². The van der Waals surface area contributed by atoms with E-state index < -0.39 is 5.41 Å². The zero-order valence-corrected chi connectivity index (χ0v) is 29.9. The third-order valence-corrected chi connectivity index (χ3v) is 11.3. The maximum Gasteiger partial charge on any atom is 0.164 e. The lowest BCUT2D eigenvalue weighted by Gasteiger charge is -2.34. The maximum atomic E-state index is 5.26. The summed E-state index contributed by atoms with van der Waals surface area (Å²) in [5, 5.41) is 6.90. The molecule has 256 valence electrons. The van der Waals surface area contributed by atoms with Gasteiger partial charge in [-0.25, -0.2) is 15.0 Å². The second-order valence-corrected chi connectivity index (χ2v) is 14.4. The van der Waals surface area contributed by atoms with E-state index in [9.17, 15) is 0 Å². The second kappa shape index (κ2) is 12.4. The van der Waals surface area contributed by atoms with Crippen molar-refractivity contribution in [2.24, 2.45) is 0 Å². The van der Waals surface area contributed by atoms with E-state index in [1.165, 1.54) is 44.2 Å². The summed E-state index contributed by atoms with van der Waals surface area (Å²) in [6.45, 7) is 0. The van der Waals surface area contributed by atoms with E-state index in [1.807, 2.05) is 0 Å². The Morgan fingerprint density at radius 1 is 0.291 bits per heavy atom. The van der Waals surface area contributed by atoms with Crippen molar-refractivity contribution >= 4 is 32.3 Å². The zero-order valence-electron chi connectivity index (χ0n) is 29.9. The predicted molar refractivity (Wildman–Crippen MR) is 226 cm³/mol. The molecule has 0 aliphatic heterocycles. The minimum Gasteiger partial charge on any atom is -0.208 e. The smallest absolute Gasteiger partial charge is 0.164 e. The molecule has 1 heterocycles. The fourth-order valence-corrected chi connectivity index (χ4v) is 8.82. The number of benzene rings is 9. The van der Waals surface area contributed by atoms with Crippen molar-refractivity contribution in [1.82, 2.24) is 15.0 Å². The molecule has 3 heteroatoms. The first-order chi connectivity index (χ1) is 27.2. The Bertz CT molecular complexity index is 2960. The Morgan fingerprint density at radius 2 is 0.782 bits per heavy atom. The quantitative estimate of drug-likeness (QED) is 0.179. The lowest BCUT2D eigenvalue weighted by Crippen LogP contribution is -2.28. The van der Waals surface area contributed by atoms with E-state index in [1.54, 1.807) is 0 Å². The highest BCUT2D eigenvalue weighted by atomic mass is 15.0. The van der Waals surface area contributed by atoms with Crippen LogP contribution >= 0.6 is 0 Å². The van der Waals surface area contributed by atoms with Crippen LogP contribution < -0.4 is 0 Å². The summed E-state index contributed by atoms with van der Waals surface area (Å²) >= 11 is 0. The fourth-order valence-electron chi connectivity index (χ4n) is 8.82. The van der Waals surface area contributed by atoms with Gasteiger partial charge in [0.25, 0.3) is 0 Å². The highest BCUT2D eigenvalue weighted by Gasteiger charge is 2.46. The third-order valence-electron chi connectivity index (χ3n) is 11.3. The summed E-state index contributed by atoms with van der Waals surface area (Å²) < 4.78 is 0. The van der Waals surface area contributed by atoms with Crippen molar-refractivity contribution in [3.8, 4) is 45.3 Å². The molecule has 1 aromatic heterocycles. The highest BCUT2D eigenvalue weighted by Crippen LogP contribution is 2.57. The van der Waals surface area contributed by atoms with E-state index in [2.05, 4.69) is 200 Å². The number of rotatable bonds is 5. The van der Waals surface area contributed by atoms with Gasteiger partial charge in [-0.2, -0.15) is 0 Å². The van der Waals surface area contributed by atoms with Crippen LogP contribution in [0.1, 0.15) is 22.3 Å². The van der Waals surface area contributed by atoms with Gasteiger partial charge in [0.2, 0.25) is 0 Å². The second-order valence-electron chi connectivity index (χ2n) is 14.4. The number of fused-ring (bicyclic) bond motifs is 6. The molecule has 1 aliphatic carbocycles. The first kappa shape index (κ1) is 31.3. The molecule has 0 atom stereocenters. The highest BCUT2D eigenvalue weighted by molar-refractivity contribution is 6.02. The molecule has 0 bridgehead atoms. The van der Waals surface area contributed by atoms with E-state index in [0.717, 1.165) is 38.2 Å². The Morgan fingerprint density at radius 3 is 1.40 bits per heavy atom. The Hall–Kier alpha value is -7.23. The summed E-state index contributed by atoms with van der Waals surface area (Å²) in [5.41, 5.74) is 9.94. The van der Waals surface area contributed by atoms with Crippen molar-refractivity contribution < 1.29 is 0 Å². The van der Waals surface area contributed by atoms with Crippen LogP contribution in [0.2, 0.25) is 0 Å². The SMILES string of the molecule is c1ccc(C2(c3ccccc3)c3ccccc3-c3cc4c(-c5nc(-c6ccc7ccccc7c6)nc(-c6ccc7ccccc7c6)n5)cccc4cc32)cc1. The van der Waals surface area contributed by atoms with E-state index in [4.69, 9.17) is 15.0 Å². The number of hydrogen-bond donors (Lipinski definition) is 0. The fraction of sp³-hybridized carbons (Fsp3) is 0.0192. The van der Waals surface area contributed by atoms with Crippen molar-refractivity contribution in [1.29, 1.82) is 0 Å². The molecule has 11 rings (SSSR count). The molecule has 9 aromatic carbocycles. The van der Waals surface area contributed by atoms with Crippen LogP contribution in [0.25, 0.3) is 77.6 Å². The minimum absolute atomic E-state index is 0.474. The van der Waals surface area contributed by atoms with Gasteiger partial charge in [0.1, 0.15) is 0 Å². The maximum absolute atomic E-state index is 5.26. The molecule has 0 saturated heterocycles. The molecule has 0 fully saturated rings. The van der Waals surface area contributed by atoms with Crippen LogP contribution in [0.4, 0.5) is 0 Å². The van der Waals surface area contributed by atoms with Crippen molar-refractivity contribution in [2.45, 2.75) is 5.41 Å². The number of aromatic nitrogens is 3. The lowest BCUT2D eigenvalue weighted by atomic mass is 9.67. The summed E-state index contributed by atoms with van der Waals surface area (Å²) in [7, 11) is 0. The molecule has 0 N–H and O–H groups in total. The first-order valence-corrected chi connectivity index (χ1v) is 18.8. The van der Waals surface area contributed by atoms with Gasteiger partial charge in [-0.3, -0.25) is 0 Å². The summed E-state index contributed by atoms with van der Waals surface area (Å²) in [5.74, 6) is 1.94. The molecule has 0 amide bonds. The first-order valence-electron chi connectivity index (χ1n) is 18.8. The number of hydrogen-bond acceptors (Lipinski definition) is 3. The zero-order chi connectivity index (χ0) is 36.3. The Kier molecular flexibility index (Phi) is 7.08. The van der Waals surface area contributed by atoms with E-state index in [0.29, 0.717) is 17.5 Å². The average molecular weight is 700 g/mol. The summed E-state index contributed by atoms with van der Waals surface area (Å²) in [6.07, 6.45) is 0. The van der Waals surface area contributed by atoms with Gasteiger partial charge in [0.15, 0.2) is 17.5 Å². The molecular weight excluding hydrogens is 667 g/mol. The number of nitrogens with zero attached hydrogens (tertiary/aromatic N) is 3. The predicted octanol–water partition coefficient (Wildman–Crippen LogP) is 12.7. The molecular formula is C52H33N3. The molecule has 10 aromatic rings. The van der Waals surface area contributed by atoms with E-state index >= 15 is 0 Å². The summed E-state index contributed by atoms with van der Waals surface area (Å²) in [6, 6.07) is 71.8. The average Bonchev–Trinajstić information content (AvgIpc) is 3.55. The van der Waals surface area contributed by atoms with Crippen LogP contribution in [0, 0.1) is 0 Å². The summed E-state index contributed by atoms with van der Waals surface area (Å²) in [4.78, 5) is 15.7. The lowest BCUT2D eigenvalue weighted by molar-refractivity contribution is 0.769. The molecule has 0 unspecified atom stereocenters. The molecule has 55 heavy (non-hydrogen) atoms. The van der Waals surface area contributed by atoms with Crippen molar-refractivity contribution in [3.63, 3.8) is 0 Å². The van der Waals surface area contributed by atoms with Gasteiger partial charge in [0.05, 0.1) is 5.41 Å². The molecule has 0 radical (unpaired) electrons. The van der Waals surface area contributed by atoms with Crippen LogP contribution in [0.3, 0.4) is 0 Å². The van der Waals surface area contributed by atoms with Gasteiger partial charge in [-0.1, -0.05) is 176 Å². The van der Waals surface area contributed by atoms with Gasteiger partial charge < -0.3 is 0 Å². The van der Waals surface area contributed by atoms with Gasteiger partial charge in [-0.15, -0.1) is 0 Å². The van der Waals surface area contributed by atoms with E-state index in [-0.39, 0.29) is 0 Å². The van der Waals surface area contributed by atoms with Crippen molar-refractivity contribution in [3.05, 3.63) is 222 Å². The monoisotopic (exact) mass is 699 g/mol. The van der Waals surface area contributed by atoms with Gasteiger partial charge in [-0.05, 0) is 90.0 Å². The van der Waals surface area contributed by atoms with Gasteiger partial charge >= 0.3 is 0 Å². The molecule has 1 aliphatic rings. The van der Waals surface area contributed by atoms with Crippen LogP contribution in [-0.2, 0) is 5.41 Å². The molecule has 0 spiro atoms. The normalized spacial score (nSPS) is 12.9. The van der Waals surface area contributed by atoms with Crippen LogP contribution in [0.5, 0.6) is 0 Å². The largest absolute Gasteiger partial charge is 0.208 e. The minimum atomic E-state index is -0.474. The molecule has 0 saturated carbocycles.